The predicted octanol–water partition coefficient (Wildman–Crippen LogP) is 1.48. The molecule has 1 saturated heterocycles. The molecule has 1 fully saturated rings. The lowest BCUT2D eigenvalue weighted by molar-refractivity contribution is -0.133. The molecule has 0 aromatic carbocycles. The van der Waals surface area contributed by atoms with Gasteiger partial charge in [0.1, 0.15) is 5.82 Å². The lowest BCUT2D eigenvalue weighted by Gasteiger charge is -2.30. The van der Waals surface area contributed by atoms with Crippen LogP contribution in [-0.2, 0) is 11.2 Å². The van der Waals surface area contributed by atoms with Crippen molar-refractivity contribution in [1.82, 2.24) is 14.9 Å². The lowest BCUT2D eigenvalue weighted by atomic mass is 10.0. The molecule has 6 nitrogen and oxygen atoms in total. The maximum atomic E-state index is 12.5. The van der Waals surface area contributed by atoms with Gasteiger partial charge in [-0.25, -0.2) is 4.98 Å². The smallest absolute Gasteiger partial charge is 0.269 e. The quantitative estimate of drug-likeness (QED) is 0.854. The number of aryl methyl sites for hydroxylation is 1. The molecule has 1 amide bonds. The number of hydrogen-bond donors (Lipinski definition) is 2. The molecule has 2 heterocycles. The zero-order chi connectivity index (χ0) is 16.8. The number of carbonyl (C=O) groups is 1. The van der Waals surface area contributed by atoms with Gasteiger partial charge in [0.15, 0.2) is 0 Å². The molecule has 0 aliphatic carbocycles. The number of nitrogens with two attached hydrogens (primary N) is 2. The Hall–Kier alpha value is -2.09. The van der Waals surface area contributed by atoms with E-state index in [1.807, 2.05) is 0 Å². The van der Waals surface area contributed by atoms with Gasteiger partial charge in [-0.1, -0.05) is 0 Å². The maximum absolute atomic E-state index is 12.5. The molecule has 0 radical (unpaired) electrons. The van der Waals surface area contributed by atoms with Crippen LogP contribution < -0.4 is 11.5 Å². The molecule has 23 heavy (non-hydrogen) atoms. The number of hydrogen-bond acceptors (Lipinski definition) is 5. The number of likely N-dealkylation sites (tertiary alicyclic amines) is 1. The summed E-state index contributed by atoms with van der Waals surface area (Å²) >= 11 is 0. The van der Waals surface area contributed by atoms with Gasteiger partial charge in [0, 0.05) is 13.1 Å². The topological polar surface area (TPSA) is 98.1 Å². The molecule has 8 heteroatoms. The number of rotatable bonds is 5. The molecule has 1 aromatic rings. The Morgan fingerprint density at radius 3 is 2.52 bits per heavy atom. The second-order valence-electron chi connectivity index (χ2n) is 5.62. The predicted molar refractivity (Wildman–Crippen MR) is 82.4 cm³/mol. The summed E-state index contributed by atoms with van der Waals surface area (Å²) in [5.41, 5.74) is 12.3. The zero-order valence-corrected chi connectivity index (χ0v) is 12.8. The Morgan fingerprint density at radius 2 is 1.96 bits per heavy atom. The van der Waals surface area contributed by atoms with E-state index in [2.05, 4.69) is 9.97 Å². The SMILES string of the molecule is Nc1cnc(CCCC(N)C(=O)N2CCC(=C(F)F)CC2)cn1. The third kappa shape index (κ3) is 4.95. The highest BCUT2D eigenvalue weighted by Crippen LogP contribution is 2.22. The van der Waals surface area contributed by atoms with Crippen molar-refractivity contribution in [3.63, 3.8) is 0 Å². The van der Waals surface area contributed by atoms with Crippen LogP contribution in [0, 0.1) is 0 Å². The first-order valence-electron chi connectivity index (χ1n) is 7.61. The Balaban J connectivity index is 1.75. The zero-order valence-electron chi connectivity index (χ0n) is 12.8. The Kier molecular flexibility index (Phi) is 5.97. The fraction of sp³-hybridized carbons (Fsp3) is 0.533. The molecule has 1 aliphatic heterocycles. The summed E-state index contributed by atoms with van der Waals surface area (Å²) in [4.78, 5) is 21.9. The molecule has 0 bridgehead atoms. The summed E-state index contributed by atoms with van der Waals surface area (Å²) in [6.45, 7) is 0.616. The number of carbonyl (C=O) groups excluding carboxylic acids is 1. The molecule has 4 N–H and O–H groups in total. The van der Waals surface area contributed by atoms with Crippen molar-refractivity contribution in [2.45, 2.75) is 38.1 Å². The van der Waals surface area contributed by atoms with Gasteiger partial charge < -0.3 is 16.4 Å². The van der Waals surface area contributed by atoms with Gasteiger partial charge in [-0.05, 0) is 37.7 Å². The van der Waals surface area contributed by atoms with Gasteiger partial charge in [-0.15, -0.1) is 0 Å². The van der Waals surface area contributed by atoms with Crippen LogP contribution in [0.3, 0.4) is 0 Å². The van der Waals surface area contributed by atoms with Crippen LogP contribution in [0.2, 0.25) is 0 Å². The number of aromatic nitrogens is 2. The molecule has 0 saturated carbocycles. The second kappa shape index (κ2) is 7.96. The van der Waals surface area contributed by atoms with E-state index < -0.39 is 12.1 Å². The number of anilines is 1. The van der Waals surface area contributed by atoms with E-state index in [4.69, 9.17) is 11.5 Å². The Bertz CT molecular complexity index is 562. The van der Waals surface area contributed by atoms with Crippen molar-refractivity contribution < 1.29 is 13.6 Å². The minimum absolute atomic E-state index is 0.143. The van der Waals surface area contributed by atoms with Gasteiger partial charge in [-0.2, -0.15) is 8.78 Å². The molecule has 126 valence electrons. The third-order valence-corrected chi connectivity index (χ3v) is 3.94. The summed E-state index contributed by atoms with van der Waals surface area (Å²) in [5, 5.41) is 0. The van der Waals surface area contributed by atoms with E-state index >= 15 is 0 Å². The van der Waals surface area contributed by atoms with Crippen LogP contribution in [0.25, 0.3) is 0 Å². The normalized spacial score (nSPS) is 16.3. The molecule has 1 unspecified atom stereocenters. The standard InChI is InChI=1S/C15H21F2N5O/c16-14(17)10-4-6-22(7-5-10)15(23)12(18)3-1-2-11-8-21-13(19)9-20-11/h8-9,12H,1-7,18H2,(H2,19,21). The van der Waals surface area contributed by atoms with Gasteiger partial charge >= 0.3 is 0 Å². The minimum atomic E-state index is -1.62. The van der Waals surface area contributed by atoms with E-state index in [1.54, 1.807) is 11.1 Å². The summed E-state index contributed by atoms with van der Waals surface area (Å²) < 4.78 is 25.0. The number of piperidine rings is 1. The summed E-state index contributed by atoms with van der Waals surface area (Å²) in [7, 11) is 0. The van der Waals surface area contributed by atoms with Crippen LogP contribution in [0.1, 0.15) is 31.4 Å². The molecule has 1 aromatic heterocycles. The minimum Gasteiger partial charge on any atom is -0.382 e. The van der Waals surface area contributed by atoms with Crippen LogP contribution in [0.15, 0.2) is 24.0 Å². The first-order chi connectivity index (χ1) is 11.0. The second-order valence-corrected chi connectivity index (χ2v) is 5.62. The molecular weight excluding hydrogens is 304 g/mol. The average Bonchev–Trinajstić information content (AvgIpc) is 2.56. The maximum Gasteiger partial charge on any atom is 0.269 e. The lowest BCUT2D eigenvalue weighted by Crippen LogP contribution is -2.46. The van der Waals surface area contributed by atoms with Gasteiger partial charge in [0.05, 0.1) is 24.1 Å². The molecular formula is C15H21F2N5O. The van der Waals surface area contributed by atoms with E-state index in [0.717, 1.165) is 5.69 Å². The first-order valence-corrected chi connectivity index (χ1v) is 7.61. The molecule has 2 rings (SSSR count). The molecule has 1 atom stereocenters. The highest BCUT2D eigenvalue weighted by atomic mass is 19.3. The van der Waals surface area contributed by atoms with Gasteiger partial charge in [0.2, 0.25) is 5.91 Å². The fourth-order valence-electron chi connectivity index (χ4n) is 2.54. The highest BCUT2D eigenvalue weighted by molar-refractivity contribution is 5.81. The van der Waals surface area contributed by atoms with Crippen molar-refractivity contribution >= 4 is 11.7 Å². The van der Waals surface area contributed by atoms with Crippen LogP contribution in [0.5, 0.6) is 0 Å². The van der Waals surface area contributed by atoms with E-state index in [1.165, 1.54) is 6.20 Å². The van der Waals surface area contributed by atoms with Crippen LogP contribution in [-0.4, -0.2) is 39.9 Å². The molecule has 1 aliphatic rings. The van der Waals surface area contributed by atoms with Crippen molar-refractivity contribution in [2.24, 2.45) is 5.73 Å². The van der Waals surface area contributed by atoms with Crippen molar-refractivity contribution in [2.75, 3.05) is 18.8 Å². The summed E-state index contributed by atoms with van der Waals surface area (Å²) in [6.07, 6.45) is 3.80. The van der Waals surface area contributed by atoms with Crippen molar-refractivity contribution in [3.8, 4) is 0 Å². The van der Waals surface area contributed by atoms with Gasteiger partial charge in [-0.3, -0.25) is 9.78 Å². The number of halogens is 2. The van der Waals surface area contributed by atoms with E-state index in [0.29, 0.717) is 38.2 Å². The largest absolute Gasteiger partial charge is 0.382 e. The first kappa shape index (κ1) is 17.3. The summed E-state index contributed by atoms with van der Waals surface area (Å²) in [5.74, 6) is 0.190. The third-order valence-electron chi connectivity index (χ3n) is 3.94. The molecule has 0 spiro atoms. The highest BCUT2D eigenvalue weighted by Gasteiger charge is 2.25. The van der Waals surface area contributed by atoms with Crippen molar-refractivity contribution in [1.29, 1.82) is 0 Å². The van der Waals surface area contributed by atoms with E-state index in [9.17, 15) is 13.6 Å². The van der Waals surface area contributed by atoms with Crippen LogP contribution in [0.4, 0.5) is 14.6 Å². The van der Waals surface area contributed by atoms with Gasteiger partial charge in [0.25, 0.3) is 6.08 Å². The number of nitrogen functional groups attached to an aromatic ring is 1. The number of amides is 1. The Morgan fingerprint density at radius 1 is 1.26 bits per heavy atom. The Labute approximate surface area is 133 Å². The fourth-order valence-corrected chi connectivity index (χ4v) is 2.54. The average molecular weight is 325 g/mol. The monoisotopic (exact) mass is 325 g/mol. The number of nitrogens with zero attached hydrogens (tertiary/aromatic N) is 3. The van der Waals surface area contributed by atoms with Crippen molar-refractivity contribution in [3.05, 3.63) is 29.7 Å². The van der Waals surface area contributed by atoms with E-state index in [-0.39, 0.29) is 24.3 Å². The summed E-state index contributed by atoms with van der Waals surface area (Å²) in [6, 6.07) is -0.613. The van der Waals surface area contributed by atoms with Crippen LogP contribution >= 0.6 is 0 Å².